The number of aromatic amines is 2. The van der Waals surface area contributed by atoms with E-state index in [9.17, 15) is 38.4 Å². The molecule has 21 nitrogen and oxygen atoms in total. The Kier molecular flexibility index (Phi) is 22.3. The van der Waals surface area contributed by atoms with Crippen molar-refractivity contribution in [3.05, 3.63) is 36.4 Å². The number of aromatic nitrogens is 4. The first-order valence-electron chi connectivity index (χ1n) is 15.4. The summed E-state index contributed by atoms with van der Waals surface area (Å²) in [5.74, 6) is -4.44. The van der Waals surface area contributed by atoms with Gasteiger partial charge >= 0.3 is 11.9 Å². The Balaban J connectivity index is 0.000000583. The number of H-pyrrole nitrogens is 2. The maximum atomic E-state index is 12.8. The third kappa shape index (κ3) is 19.2. The Morgan fingerprint density at radius 1 is 0.750 bits per heavy atom. The molecule has 288 valence electrons. The van der Waals surface area contributed by atoms with Gasteiger partial charge in [-0.05, 0) is 28.0 Å². The Hall–Kier alpha value is -4.49. The van der Waals surface area contributed by atoms with Gasteiger partial charge in [0.05, 0.1) is 12.7 Å². The van der Waals surface area contributed by atoms with Gasteiger partial charge in [-0.2, -0.15) is 12.6 Å². The van der Waals surface area contributed by atoms with Crippen LogP contribution in [0.3, 0.4) is 0 Å². The predicted octanol–water partition coefficient (Wildman–Crippen LogP) is -3.19. The number of carbonyl (C=O) groups is 8. The zero-order valence-corrected chi connectivity index (χ0v) is 30.3. The monoisotopic (exact) mass is 789 g/mol. The highest BCUT2D eigenvalue weighted by molar-refractivity contribution is 8.87. The minimum Gasteiger partial charge on any atom is -0.480 e. The molecule has 0 bridgehead atoms. The smallest absolute Gasteiger partial charge is 0.322 e. The molecule has 4 amide bonds. The lowest BCUT2D eigenvalue weighted by Gasteiger charge is -2.18. The number of nitrogens with one attached hydrogen (secondary N) is 6. The maximum Gasteiger partial charge on any atom is 0.322 e. The summed E-state index contributed by atoms with van der Waals surface area (Å²) in [4.78, 5) is 107. The topological polar surface area (TPSA) is 361 Å². The number of hydrogen-bond acceptors (Lipinski definition) is 16. The van der Waals surface area contributed by atoms with Gasteiger partial charge in [-0.1, -0.05) is 0 Å². The van der Waals surface area contributed by atoms with Gasteiger partial charge in [0.15, 0.2) is 0 Å². The van der Waals surface area contributed by atoms with E-state index in [0.29, 0.717) is 33.0 Å². The van der Waals surface area contributed by atoms with Crippen LogP contribution in [0.4, 0.5) is 0 Å². The van der Waals surface area contributed by atoms with Crippen LogP contribution in [0.25, 0.3) is 0 Å². The van der Waals surface area contributed by atoms with Crippen LogP contribution in [0.2, 0.25) is 0 Å². The van der Waals surface area contributed by atoms with Crippen molar-refractivity contribution >= 4 is 80.0 Å². The quantitative estimate of drug-likeness (QED) is 0.0438. The fourth-order valence-corrected chi connectivity index (χ4v) is 5.90. The molecule has 0 aliphatic rings. The Morgan fingerprint density at radius 2 is 1.19 bits per heavy atom. The molecular formula is C28H43N11O10S3. The normalized spacial score (nSPS) is 12.8. The molecule has 14 N–H and O–H groups in total. The average Bonchev–Trinajstić information content (AvgIpc) is 3.82. The van der Waals surface area contributed by atoms with Crippen molar-refractivity contribution in [2.75, 3.05) is 25.4 Å². The molecule has 0 saturated heterocycles. The summed E-state index contributed by atoms with van der Waals surface area (Å²) in [6, 6.07) is -3.90. The number of aliphatic carboxylic acids is 2. The summed E-state index contributed by atoms with van der Waals surface area (Å²) >= 11 is 3.87. The van der Waals surface area contributed by atoms with E-state index in [-0.39, 0.29) is 69.2 Å². The number of carboxylic acid groups (broad SMARTS) is 2. The van der Waals surface area contributed by atoms with E-state index in [1.165, 1.54) is 12.7 Å². The zero-order chi connectivity index (χ0) is 39.1. The molecule has 0 spiro atoms. The van der Waals surface area contributed by atoms with Gasteiger partial charge in [-0.25, -0.2) is 9.97 Å². The number of amides is 4. The van der Waals surface area contributed by atoms with Crippen LogP contribution in [0.15, 0.2) is 25.0 Å². The first-order valence-corrected chi connectivity index (χ1v) is 18.2. The molecular weight excluding hydrogens is 747 g/mol. The van der Waals surface area contributed by atoms with Crippen LogP contribution in [0, 0.1) is 0 Å². The van der Waals surface area contributed by atoms with Gasteiger partial charge in [0.2, 0.25) is 33.9 Å². The molecule has 24 heteroatoms. The number of hydrogen-bond donors (Lipinski definition) is 12. The number of thiol groups is 1. The standard InChI is InChI=1S/C18H26N8O4S2.C10H17N3O6S/c19-3-1-15(27)25-13(5-11-7-21-9-23-11)17(29)31-32-18(30)14(26-16(28)2-4-20)6-12-8-22-10-24-12;11-5(10(18)19)1-2-7(14)13-6(4-20)9(17)12-3-8(15)16/h7-10,13-14H,1-6,19-20H2,(H,21,23)(H,22,24)(H,25,27)(H,26,28);5-6,20H,1-4,11H2,(H,12,17)(H,13,14)(H,15,16)(H,18,19)/t13-,14-;5-,6-/m00/s1. The molecule has 0 radical (unpaired) electrons. The van der Waals surface area contributed by atoms with Crippen LogP contribution < -0.4 is 38.5 Å². The highest BCUT2D eigenvalue weighted by Crippen LogP contribution is 2.27. The first kappa shape index (κ1) is 45.5. The van der Waals surface area contributed by atoms with Gasteiger partial charge in [0.25, 0.3) is 0 Å². The summed E-state index contributed by atoms with van der Waals surface area (Å²) in [5.41, 5.74) is 17.3. The Morgan fingerprint density at radius 3 is 1.56 bits per heavy atom. The summed E-state index contributed by atoms with van der Waals surface area (Å²) in [6.45, 7) is -0.271. The zero-order valence-electron chi connectivity index (χ0n) is 27.7. The molecule has 0 aromatic carbocycles. The Bertz CT molecular complexity index is 1390. The average molecular weight is 790 g/mol. The van der Waals surface area contributed by atoms with Gasteiger partial charge in [0, 0.05) is 74.7 Å². The predicted molar refractivity (Wildman–Crippen MR) is 192 cm³/mol. The van der Waals surface area contributed by atoms with Gasteiger partial charge in [0.1, 0.15) is 30.7 Å². The molecule has 52 heavy (non-hydrogen) atoms. The van der Waals surface area contributed by atoms with Crippen LogP contribution in [-0.2, 0) is 51.2 Å². The van der Waals surface area contributed by atoms with Gasteiger partial charge in [-0.15, -0.1) is 0 Å². The summed E-state index contributed by atoms with van der Waals surface area (Å²) in [6.07, 6.45) is 6.30. The number of nitrogens with two attached hydrogens (primary N) is 3. The molecule has 0 aliphatic carbocycles. The van der Waals surface area contributed by atoms with E-state index in [1.807, 2.05) is 0 Å². The summed E-state index contributed by atoms with van der Waals surface area (Å²) in [5, 5.41) is 25.8. The van der Waals surface area contributed by atoms with Crippen molar-refractivity contribution < 1.29 is 48.6 Å². The Labute approximate surface area is 310 Å². The molecule has 0 aliphatic heterocycles. The number of imidazole rings is 2. The van der Waals surface area contributed by atoms with Crippen molar-refractivity contribution in [2.45, 2.75) is 62.7 Å². The molecule has 0 saturated carbocycles. The van der Waals surface area contributed by atoms with E-state index in [4.69, 9.17) is 27.4 Å². The third-order valence-electron chi connectivity index (χ3n) is 6.39. The largest absolute Gasteiger partial charge is 0.480 e. The van der Waals surface area contributed by atoms with Crippen LogP contribution in [-0.4, -0.2) is 126 Å². The molecule has 2 aromatic heterocycles. The van der Waals surface area contributed by atoms with Gasteiger partial charge in [-0.3, -0.25) is 38.4 Å². The highest BCUT2D eigenvalue weighted by atomic mass is 33.1. The second-order valence-corrected chi connectivity index (χ2v) is 13.1. The van der Waals surface area contributed by atoms with E-state index in [1.54, 1.807) is 12.4 Å². The lowest BCUT2D eigenvalue weighted by Crippen LogP contribution is -2.49. The van der Waals surface area contributed by atoms with Crippen molar-refractivity contribution in [3.8, 4) is 0 Å². The molecule has 0 unspecified atom stereocenters. The van der Waals surface area contributed by atoms with Crippen LogP contribution in [0.1, 0.15) is 37.1 Å². The number of carboxylic acids is 2. The highest BCUT2D eigenvalue weighted by Gasteiger charge is 2.27. The molecule has 2 heterocycles. The second-order valence-electron chi connectivity index (χ2n) is 10.6. The van der Waals surface area contributed by atoms with Gasteiger partial charge < -0.3 is 58.6 Å². The van der Waals surface area contributed by atoms with Crippen molar-refractivity contribution in [3.63, 3.8) is 0 Å². The van der Waals surface area contributed by atoms with E-state index < -0.39 is 64.7 Å². The fourth-order valence-electron chi connectivity index (χ4n) is 3.77. The lowest BCUT2D eigenvalue weighted by atomic mass is 10.1. The van der Waals surface area contributed by atoms with Crippen molar-refractivity contribution in [2.24, 2.45) is 17.2 Å². The summed E-state index contributed by atoms with van der Waals surface area (Å²) < 4.78 is 0. The number of nitrogens with zero attached hydrogens (tertiary/aromatic N) is 2. The second kappa shape index (κ2) is 25.5. The fraction of sp³-hybridized carbons (Fsp3) is 0.500. The van der Waals surface area contributed by atoms with E-state index >= 15 is 0 Å². The van der Waals surface area contributed by atoms with E-state index in [2.05, 4.69) is 53.8 Å². The molecule has 2 rings (SSSR count). The van der Waals surface area contributed by atoms with Crippen LogP contribution >= 0.6 is 34.2 Å². The third-order valence-corrected chi connectivity index (χ3v) is 8.98. The lowest BCUT2D eigenvalue weighted by molar-refractivity contribution is -0.139. The summed E-state index contributed by atoms with van der Waals surface area (Å²) in [7, 11) is 1.40. The number of rotatable bonds is 21. The molecule has 0 fully saturated rings. The molecule has 2 aromatic rings. The van der Waals surface area contributed by atoms with E-state index in [0.717, 1.165) is 0 Å². The first-order chi connectivity index (χ1) is 24.7. The number of carbonyl (C=O) groups excluding carboxylic acids is 6. The minimum atomic E-state index is -1.22. The maximum absolute atomic E-state index is 12.8. The van der Waals surface area contributed by atoms with Crippen molar-refractivity contribution in [1.29, 1.82) is 0 Å². The molecule has 4 atom stereocenters. The van der Waals surface area contributed by atoms with Crippen LogP contribution in [0.5, 0.6) is 0 Å². The van der Waals surface area contributed by atoms with Crippen molar-refractivity contribution in [1.82, 2.24) is 41.2 Å². The SMILES string of the molecule is NCCC(=O)N[C@@H](Cc1cnc[nH]1)C(=O)SSC(=O)[C@H](Cc1cnc[nH]1)NC(=O)CCN.N[C@@H](CCC(=O)N[C@@H](CS)C(=O)NCC(=O)O)C(=O)O. The minimum absolute atomic E-state index is 0.0256.